The number of benzene rings is 1. The summed E-state index contributed by atoms with van der Waals surface area (Å²) in [6.45, 7) is 10.1. The molecule has 0 saturated carbocycles. The Bertz CT molecular complexity index is 940. The molecule has 0 N–H and O–H groups in total. The van der Waals surface area contributed by atoms with Gasteiger partial charge < -0.3 is 19.3 Å². The molecule has 2 atom stereocenters. The van der Waals surface area contributed by atoms with Gasteiger partial charge in [-0.25, -0.2) is 0 Å². The normalized spacial score (nSPS) is 16.3. The zero-order valence-electron chi connectivity index (χ0n) is 21.1. The predicted octanol–water partition coefficient (Wildman–Crippen LogP) is 4.90. The third kappa shape index (κ3) is 6.60. The topological polar surface area (TPSA) is 59.1 Å². The Morgan fingerprint density at radius 3 is 2.56 bits per heavy atom. The van der Waals surface area contributed by atoms with Gasteiger partial charge in [0.15, 0.2) is 0 Å². The number of methoxy groups -OCH3 is 1. The van der Waals surface area contributed by atoms with Crippen LogP contribution in [0.1, 0.15) is 62.1 Å². The van der Waals surface area contributed by atoms with Crippen LogP contribution in [0.3, 0.4) is 0 Å². The van der Waals surface area contributed by atoms with E-state index in [9.17, 15) is 9.59 Å². The minimum Gasteiger partial charge on any atom is -0.491 e. The number of thiophene rings is 1. The van der Waals surface area contributed by atoms with Crippen LogP contribution < -0.4 is 4.74 Å². The minimum atomic E-state index is -0.171. The Labute approximate surface area is 207 Å². The Kier molecular flexibility index (Phi) is 9.54. The van der Waals surface area contributed by atoms with Crippen LogP contribution >= 0.6 is 11.3 Å². The molecule has 1 aromatic carbocycles. The smallest absolute Gasteiger partial charge is 0.249 e. The first-order chi connectivity index (χ1) is 16.3. The van der Waals surface area contributed by atoms with E-state index in [1.807, 2.05) is 17.0 Å². The molecule has 0 spiro atoms. The van der Waals surface area contributed by atoms with Crippen molar-refractivity contribution in [3.8, 4) is 5.75 Å². The maximum Gasteiger partial charge on any atom is 0.249 e. The van der Waals surface area contributed by atoms with Gasteiger partial charge in [-0.3, -0.25) is 9.59 Å². The van der Waals surface area contributed by atoms with E-state index in [0.717, 1.165) is 24.2 Å². The monoisotopic (exact) mass is 486 g/mol. The van der Waals surface area contributed by atoms with Crippen molar-refractivity contribution in [3.05, 3.63) is 51.7 Å². The molecule has 2 amide bonds. The van der Waals surface area contributed by atoms with E-state index in [1.54, 1.807) is 16.2 Å². The zero-order chi connectivity index (χ0) is 24.7. The number of rotatable bonds is 11. The summed E-state index contributed by atoms with van der Waals surface area (Å²) >= 11 is 1.73. The second kappa shape index (κ2) is 12.4. The van der Waals surface area contributed by atoms with Crippen molar-refractivity contribution >= 4 is 23.2 Å². The number of fused-ring (bicyclic) bond motifs is 1. The van der Waals surface area contributed by atoms with Gasteiger partial charge in [0.25, 0.3) is 0 Å². The third-order valence-electron chi connectivity index (χ3n) is 6.55. The fourth-order valence-electron chi connectivity index (χ4n) is 4.23. The summed E-state index contributed by atoms with van der Waals surface area (Å²) in [5.41, 5.74) is 2.42. The maximum atomic E-state index is 13.5. The number of carbonyl (C=O) groups is 2. The lowest BCUT2D eigenvalue weighted by Gasteiger charge is -2.37. The number of hydrogen-bond acceptors (Lipinski definition) is 5. The van der Waals surface area contributed by atoms with Crippen molar-refractivity contribution in [1.29, 1.82) is 0 Å². The van der Waals surface area contributed by atoms with Crippen LogP contribution in [-0.2, 0) is 20.7 Å². The molecule has 0 unspecified atom stereocenters. The molecule has 186 valence electrons. The molecule has 6 nitrogen and oxygen atoms in total. The van der Waals surface area contributed by atoms with E-state index in [2.05, 4.69) is 51.3 Å². The summed E-state index contributed by atoms with van der Waals surface area (Å²) < 4.78 is 11.2. The fraction of sp³-hybridized carbons (Fsp3) is 0.556. The lowest BCUT2D eigenvalue weighted by atomic mass is 10.00. The second-order valence-corrected chi connectivity index (χ2v) is 10.4. The van der Waals surface area contributed by atoms with Gasteiger partial charge in [0.05, 0.1) is 12.6 Å². The minimum absolute atomic E-state index is 0.0166. The molecule has 0 radical (unpaired) electrons. The number of ether oxygens (including phenoxy) is 2. The van der Waals surface area contributed by atoms with Crippen LogP contribution in [0.25, 0.3) is 0 Å². The molecule has 2 heterocycles. The number of nitrogens with zero attached hydrogens (tertiary/aromatic N) is 2. The summed E-state index contributed by atoms with van der Waals surface area (Å²) in [5, 5.41) is 2.08. The van der Waals surface area contributed by atoms with Crippen molar-refractivity contribution in [3.63, 3.8) is 0 Å². The Hall–Kier alpha value is -2.38. The van der Waals surface area contributed by atoms with Gasteiger partial charge in [0, 0.05) is 25.1 Å². The van der Waals surface area contributed by atoms with Crippen LogP contribution in [0, 0.1) is 5.92 Å². The molecule has 34 heavy (non-hydrogen) atoms. The van der Waals surface area contributed by atoms with Crippen molar-refractivity contribution in [2.75, 3.05) is 40.0 Å². The molecule has 1 aromatic heterocycles. The molecule has 0 fully saturated rings. The van der Waals surface area contributed by atoms with Crippen LogP contribution in [0.2, 0.25) is 0 Å². The SMILES string of the molecule is CC[C@@H](C)CN(CC(=O)N1CCc2sccc2[C@@H]1COc1ccc(C(C)C)cc1)C(=O)COC. The molecule has 0 saturated heterocycles. The number of carbonyl (C=O) groups excluding carboxylic acids is 2. The van der Waals surface area contributed by atoms with Gasteiger partial charge in [0.1, 0.15) is 19.0 Å². The van der Waals surface area contributed by atoms with E-state index in [0.29, 0.717) is 31.5 Å². The molecule has 7 heteroatoms. The molecular weight excluding hydrogens is 448 g/mol. The summed E-state index contributed by atoms with van der Waals surface area (Å²) in [5.74, 6) is 1.38. The van der Waals surface area contributed by atoms with Crippen molar-refractivity contribution in [2.24, 2.45) is 5.92 Å². The summed E-state index contributed by atoms with van der Waals surface area (Å²) in [7, 11) is 1.50. The van der Waals surface area contributed by atoms with Gasteiger partial charge in [-0.1, -0.05) is 46.2 Å². The number of amides is 2. The summed E-state index contributed by atoms with van der Waals surface area (Å²) in [6, 6.07) is 10.1. The molecular formula is C27H38N2O4S. The predicted molar refractivity (Wildman–Crippen MR) is 136 cm³/mol. The number of hydrogen-bond donors (Lipinski definition) is 0. The molecule has 3 rings (SSSR count). The molecule has 0 aliphatic carbocycles. The maximum absolute atomic E-state index is 13.5. The first-order valence-corrected chi connectivity index (χ1v) is 13.1. The highest BCUT2D eigenvalue weighted by molar-refractivity contribution is 7.10. The average Bonchev–Trinajstić information content (AvgIpc) is 3.31. The lowest BCUT2D eigenvalue weighted by Crippen LogP contribution is -2.49. The van der Waals surface area contributed by atoms with E-state index in [1.165, 1.54) is 17.6 Å². The van der Waals surface area contributed by atoms with Crippen LogP contribution in [0.15, 0.2) is 35.7 Å². The average molecular weight is 487 g/mol. The molecule has 1 aliphatic heterocycles. The molecule has 2 aromatic rings. The van der Waals surface area contributed by atoms with Gasteiger partial charge in [0.2, 0.25) is 11.8 Å². The van der Waals surface area contributed by atoms with Gasteiger partial charge >= 0.3 is 0 Å². The highest BCUT2D eigenvalue weighted by atomic mass is 32.1. The lowest BCUT2D eigenvalue weighted by molar-refractivity contribution is -0.145. The van der Waals surface area contributed by atoms with Crippen LogP contribution in [0.5, 0.6) is 5.75 Å². The second-order valence-electron chi connectivity index (χ2n) is 9.41. The highest BCUT2D eigenvalue weighted by Crippen LogP contribution is 2.34. The van der Waals surface area contributed by atoms with Crippen LogP contribution in [0.4, 0.5) is 0 Å². The van der Waals surface area contributed by atoms with Gasteiger partial charge in [-0.2, -0.15) is 0 Å². The Morgan fingerprint density at radius 2 is 1.91 bits per heavy atom. The van der Waals surface area contributed by atoms with Crippen molar-refractivity contribution < 1.29 is 19.1 Å². The zero-order valence-corrected chi connectivity index (χ0v) is 21.9. The van der Waals surface area contributed by atoms with Crippen molar-refractivity contribution in [1.82, 2.24) is 9.80 Å². The fourth-order valence-corrected chi connectivity index (χ4v) is 5.16. The first-order valence-electron chi connectivity index (χ1n) is 12.2. The van der Waals surface area contributed by atoms with E-state index in [4.69, 9.17) is 9.47 Å². The van der Waals surface area contributed by atoms with Crippen LogP contribution in [-0.4, -0.2) is 61.6 Å². The first kappa shape index (κ1) is 26.2. The standard InChI is InChI=1S/C27H38N2O4S/c1-6-20(4)15-28(27(31)18-32-5)16-26(30)29-13-11-25-23(12-14-34-25)24(29)17-33-22-9-7-21(8-10-22)19(2)3/h7-10,12,14,19-20,24H,6,11,13,15-18H2,1-5H3/t20-,24+/m1/s1. The third-order valence-corrected chi connectivity index (χ3v) is 7.54. The molecule has 0 bridgehead atoms. The van der Waals surface area contributed by atoms with Crippen molar-refractivity contribution in [2.45, 2.75) is 52.5 Å². The summed E-state index contributed by atoms with van der Waals surface area (Å²) in [6.07, 6.45) is 1.77. The van der Waals surface area contributed by atoms with E-state index < -0.39 is 0 Å². The Balaban J connectivity index is 1.75. The van der Waals surface area contributed by atoms with Gasteiger partial charge in [-0.05, 0) is 53.0 Å². The van der Waals surface area contributed by atoms with E-state index >= 15 is 0 Å². The molecule has 1 aliphatic rings. The Morgan fingerprint density at radius 1 is 1.18 bits per heavy atom. The highest BCUT2D eigenvalue weighted by Gasteiger charge is 2.33. The van der Waals surface area contributed by atoms with E-state index in [-0.39, 0.29) is 31.0 Å². The largest absolute Gasteiger partial charge is 0.491 e. The quantitative estimate of drug-likeness (QED) is 0.453. The summed E-state index contributed by atoms with van der Waals surface area (Å²) in [4.78, 5) is 31.0. The van der Waals surface area contributed by atoms with Gasteiger partial charge in [-0.15, -0.1) is 11.3 Å².